The summed E-state index contributed by atoms with van der Waals surface area (Å²) in [4.78, 5) is 16.6. The van der Waals surface area contributed by atoms with Crippen LogP contribution < -0.4 is 0 Å². The third kappa shape index (κ3) is 5.23. The molecule has 0 unspecified atom stereocenters. The van der Waals surface area contributed by atoms with Crippen LogP contribution in [0.2, 0.25) is 0 Å². The SMILES string of the molecule is O=C(CCN1CCOCC1)N1CC[C@@H](O)[C@H](Cc2cccc(F)c2)C1. The Balaban J connectivity index is 1.51. The van der Waals surface area contributed by atoms with Gasteiger partial charge in [-0.25, -0.2) is 4.39 Å². The molecule has 1 N–H and O–H groups in total. The average Bonchev–Trinajstić information content (AvgIpc) is 2.62. The highest BCUT2D eigenvalue weighted by Gasteiger charge is 2.30. The minimum Gasteiger partial charge on any atom is -0.393 e. The van der Waals surface area contributed by atoms with Crippen molar-refractivity contribution in [3.8, 4) is 0 Å². The molecule has 2 aliphatic rings. The van der Waals surface area contributed by atoms with Crippen molar-refractivity contribution in [2.75, 3.05) is 45.9 Å². The summed E-state index contributed by atoms with van der Waals surface area (Å²) < 4.78 is 18.7. The number of piperidine rings is 1. The van der Waals surface area contributed by atoms with Crippen LogP contribution in [0.1, 0.15) is 18.4 Å². The zero-order valence-electron chi connectivity index (χ0n) is 14.6. The van der Waals surface area contributed by atoms with Gasteiger partial charge >= 0.3 is 0 Å². The van der Waals surface area contributed by atoms with Gasteiger partial charge in [0.05, 0.1) is 19.3 Å². The highest BCUT2D eigenvalue weighted by molar-refractivity contribution is 5.76. The Morgan fingerprint density at radius 3 is 2.84 bits per heavy atom. The zero-order valence-corrected chi connectivity index (χ0v) is 14.6. The van der Waals surface area contributed by atoms with Gasteiger partial charge in [0.25, 0.3) is 0 Å². The third-order valence-electron chi connectivity index (χ3n) is 5.18. The van der Waals surface area contributed by atoms with E-state index in [9.17, 15) is 14.3 Å². The summed E-state index contributed by atoms with van der Waals surface area (Å²) in [6, 6.07) is 6.48. The van der Waals surface area contributed by atoms with E-state index in [4.69, 9.17) is 4.74 Å². The van der Waals surface area contributed by atoms with Crippen molar-refractivity contribution in [3.05, 3.63) is 35.6 Å². The second kappa shape index (κ2) is 8.74. The molecule has 2 atom stereocenters. The quantitative estimate of drug-likeness (QED) is 0.870. The molecule has 5 nitrogen and oxygen atoms in total. The molecular weight excluding hydrogens is 323 g/mol. The van der Waals surface area contributed by atoms with Gasteiger partial charge in [-0.3, -0.25) is 9.69 Å². The molecule has 138 valence electrons. The van der Waals surface area contributed by atoms with Crippen LogP contribution in [0.25, 0.3) is 0 Å². The second-order valence-corrected chi connectivity index (χ2v) is 6.99. The number of hydrogen-bond donors (Lipinski definition) is 1. The number of aliphatic hydroxyl groups is 1. The highest BCUT2D eigenvalue weighted by atomic mass is 19.1. The van der Waals surface area contributed by atoms with E-state index in [0.717, 1.165) is 38.4 Å². The van der Waals surface area contributed by atoms with E-state index >= 15 is 0 Å². The summed E-state index contributed by atoms with van der Waals surface area (Å²) >= 11 is 0. The Kier molecular flexibility index (Phi) is 6.39. The largest absolute Gasteiger partial charge is 0.393 e. The number of aliphatic hydroxyl groups excluding tert-OH is 1. The van der Waals surface area contributed by atoms with E-state index < -0.39 is 6.10 Å². The van der Waals surface area contributed by atoms with Gasteiger partial charge in [0, 0.05) is 45.1 Å². The molecule has 3 rings (SSSR count). The van der Waals surface area contributed by atoms with Crippen LogP contribution in [0.5, 0.6) is 0 Å². The van der Waals surface area contributed by atoms with Crippen molar-refractivity contribution in [1.82, 2.24) is 9.80 Å². The Hall–Kier alpha value is -1.50. The first-order valence-electron chi connectivity index (χ1n) is 9.12. The number of amides is 1. The summed E-state index contributed by atoms with van der Waals surface area (Å²) in [5.74, 6) is -0.160. The lowest BCUT2D eigenvalue weighted by Gasteiger charge is -2.37. The number of benzene rings is 1. The molecule has 6 heteroatoms. The van der Waals surface area contributed by atoms with Gasteiger partial charge in [-0.2, -0.15) is 0 Å². The van der Waals surface area contributed by atoms with E-state index in [0.29, 0.717) is 32.4 Å². The summed E-state index contributed by atoms with van der Waals surface area (Å²) in [5, 5.41) is 10.3. The molecule has 0 radical (unpaired) electrons. The summed E-state index contributed by atoms with van der Waals surface area (Å²) in [6.07, 6.45) is 1.24. The molecule has 2 heterocycles. The summed E-state index contributed by atoms with van der Waals surface area (Å²) in [7, 11) is 0. The molecule has 0 aliphatic carbocycles. The number of morpholine rings is 1. The number of nitrogens with zero attached hydrogens (tertiary/aromatic N) is 2. The zero-order chi connectivity index (χ0) is 17.6. The van der Waals surface area contributed by atoms with Crippen molar-refractivity contribution in [1.29, 1.82) is 0 Å². The van der Waals surface area contributed by atoms with Crippen LogP contribution >= 0.6 is 0 Å². The van der Waals surface area contributed by atoms with Gasteiger partial charge < -0.3 is 14.7 Å². The minimum absolute atomic E-state index is 0.0390. The Morgan fingerprint density at radius 1 is 1.28 bits per heavy atom. The molecule has 0 bridgehead atoms. The molecule has 1 aromatic rings. The molecule has 1 amide bonds. The molecule has 2 aliphatic heterocycles. The van der Waals surface area contributed by atoms with Gasteiger partial charge in [-0.1, -0.05) is 12.1 Å². The number of halogens is 1. The fourth-order valence-corrected chi connectivity index (χ4v) is 3.65. The number of carbonyl (C=O) groups excluding carboxylic acids is 1. The number of likely N-dealkylation sites (tertiary alicyclic amines) is 1. The predicted octanol–water partition coefficient (Wildman–Crippen LogP) is 1.30. The maximum absolute atomic E-state index is 13.4. The Labute approximate surface area is 148 Å². The van der Waals surface area contributed by atoms with E-state index in [-0.39, 0.29) is 17.6 Å². The van der Waals surface area contributed by atoms with E-state index in [1.165, 1.54) is 12.1 Å². The van der Waals surface area contributed by atoms with Crippen LogP contribution in [0, 0.1) is 11.7 Å². The number of ether oxygens (including phenoxy) is 1. The first-order valence-corrected chi connectivity index (χ1v) is 9.12. The van der Waals surface area contributed by atoms with E-state index in [1.54, 1.807) is 6.07 Å². The van der Waals surface area contributed by atoms with Crippen molar-refractivity contribution in [2.45, 2.75) is 25.4 Å². The Morgan fingerprint density at radius 2 is 2.08 bits per heavy atom. The number of carbonyl (C=O) groups is 1. The van der Waals surface area contributed by atoms with Crippen molar-refractivity contribution >= 4 is 5.91 Å². The molecule has 2 fully saturated rings. The maximum atomic E-state index is 13.4. The summed E-state index contributed by atoms with van der Waals surface area (Å²) in [5.41, 5.74) is 0.867. The second-order valence-electron chi connectivity index (χ2n) is 6.99. The first-order chi connectivity index (χ1) is 12.1. The van der Waals surface area contributed by atoms with E-state index in [1.807, 2.05) is 11.0 Å². The number of rotatable bonds is 5. The fraction of sp³-hybridized carbons (Fsp3) is 0.632. The highest BCUT2D eigenvalue weighted by Crippen LogP contribution is 2.22. The summed E-state index contributed by atoms with van der Waals surface area (Å²) in [6.45, 7) is 5.14. The van der Waals surface area contributed by atoms with Crippen molar-refractivity contribution in [2.24, 2.45) is 5.92 Å². The first kappa shape index (κ1) is 18.3. The monoisotopic (exact) mass is 350 g/mol. The average molecular weight is 350 g/mol. The lowest BCUT2D eigenvalue weighted by molar-refractivity contribution is -0.135. The molecule has 0 spiro atoms. The molecule has 0 saturated carbocycles. The van der Waals surface area contributed by atoms with Gasteiger partial charge in [-0.15, -0.1) is 0 Å². The topological polar surface area (TPSA) is 53.0 Å². The molecule has 1 aromatic carbocycles. The van der Waals surface area contributed by atoms with Crippen LogP contribution in [0.4, 0.5) is 4.39 Å². The smallest absolute Gasteiger partial charge is 0.223 e. The van der Waals surface area contributed by atoms with E-state index in [2.05, 4.69) is 4.90 Å². The Bertz CT molecular complexity index is 578. The van der Waals surface area contributed by atoms with Crippen LogP contribution in [0.3, 0.4) is 0 Å². The number of hydrogen-bond acceptors (Lipinski definition) is 4. The standard InChI is InChI=1S/C19H27FN2O3/c20-17-3-1-2-15(13-17)12-16-14-22(7-4-18(16)23)19(24)5-6-21-8-10-25-11-9-21/h1-3,13,16,18,23H,4-12,14H2/t16-,18-/m1/s1. The van der Waals surface area contributed by atoms with Crippen LogP contribution in [-0.2, 0) is 16.0 Å². The van der Waals surface area contributed by atoms with Crippen LogP contribution in [0.15, 0.2) is 24.3 Å². The lowest BCUT2D eigenvalue weighted by Crippen LogP contribution is -2.47. The molecule has 25 heavy (non-hydrogen) atoms. The van der Waals surface area contributed by atoms with Crippen molar-refractivity contribution in [3.63, 3.8) is 0 Å². The van der Waals surface area contributed by atoms with Crippen LogP contribution in [-0.4, -0.2) is 72.9 Å². The van der Waals surface area contributed by atoms with Gasteiger partial charge in [0.2, 0.25) is 5.91 Å². The van der Waals surface area contributed by atoms with Crippen molar-refractivity contribution < 1.29 is 19.0 Å². The fourth-order valence-electron chi connectivity index (χ4n) is 3.65. The van der Waals surface area contributed by atoms with Gasteiger partial charge in [0.15, 0.2) is 0 Å². The normalized spacial score (nSPS) is 25.1. The molecular formula is C19H27FN2O3. The molecule has 2 saturated heterocycles. The lowest BCUT2D eigenvalue weighted by atomic mass is 9.88. The molecule has 0 aromatic heterocycles. The maximum Gasteiger partial charge on any atom is 0.223 e. The van der Waals surface area contributed by atoms with Gasteiger partial charge in [-0.05, 0) is 30.5 Å². The predicted molar refractivity (Wildman–Crippen MR) is 92.7 cm³/mol. The van der Waals surface area contributed by atoms with Gasteiger partial charge in [0.1, 0.15) is 5.82 Å². The third-order valence-corrected chi connectivity index (χ3v) is 5.18. The minimum atomic E-state index is -0.438.